The smallest absolute Gasteiger partial charge is 0.0969 e. The lowest BCUT2D eigenvalue weighted by Crippen LogP contribution is -1.66. The average molecular weight is 192 g/mol. The maximum absolute atomic E-state index is 11.9. The Labute approximate surface area is 61.9 Å². The molecule has 1 N–H and O–H groups in total. The molecule has 0 aromatic rings. The van der Waals surface area contributed by atoms with Gasteiger partial charge in [-0.3, -0.25) is 0 Å². The first kappa shape index (κ1) is 8.56. The minimum absolute atomic E-state index is 0.270. The topological polar surface area (TPSA) is 23.9 Å². The summed E-state index contributed by atoms with van der Waals surface area (Å²) < 4.78 is 12.5. The van der Waals surface area contributed by atoms with Crippen molar-refractivity contribution < 1.29 is 4.39 Å². The van der Waals surface area contributed by atoms with Crippen LogP contribution in [0.4, 0.5) is 4.39 Å². The van der Waals surface area contributed by atoms with Gasteiger partial charge in [-0.25, -0.2) is 4.39 Å². The molecule has 9 heavy (non-hydrogen) atoms. The van der Waals surface area contributed by atoms with Crippen molar-refractivity contribution in [2.24, 2.45) is 0 Å². The molecule has 0 saturated heterocycles. The van der Waals surface area contributed by atoms with Crippen molar-refractivity contribution in [3.8, 4) is 0 Å². The summed E-state index contributed by atoms with van der Waals surface area (Å²) in [7, 11) is 0. The number of hydrogen-bond donors (Lipinski definition) is 1. The van der Waals surface area contributed by atoms with E-state index in [4.69, 9.17) is 5.41 Å². The lowest BCUT2D eigenvalue weighted by atomic mass is 10.4. The Bertz CT molecular complexity index is 156. The summed E-state index contributed by atoms with van der Waals surface area (Å²) in [5.74, 6) is -0.270. The second-order valence-corrected chi connectivity index (χ2v) is 2.36. The van der Waals surface area contributed by atoms with Gasteiger partial charge in [0.15, 0.2) is 0 Å². The van der Waals surface area contributed by atoms with Gasteiger partial charge in [-0.2, -0.15) is 0 Å². The van der Waals surface area contributed by atoms with Gasteiger partial charge in [-0.15, -0.1) is 0 Å². The molecule has 3 heteroatoms. The number of allylic oxidation sites excluding steroid dienone is 4. The largest absolute Gasteiger partial charge is 0.308 e. The molecule has 0 atom stereocenters. The molecule has 0 aromatic carbocycles. The molecule has 50 valence electrons. The standard InChI is InChI=1S/C6H7BrFN/c1-5(8)2-3-6(7)4-9/h2-4,9H,1H3/b5-2+,6-3+,9-4?. The van der Waals surface area contributed by atoms with Gasteiger partial charge in [0.05, 0.1) is 5.83 Å². The molecule has 0 aliphatic rings. The van der Waals surface area contributed by atoms with Crippen LogP contribution in [0.3, 0.4) is 0 Å². The van der Waals surface area contributed by atoms with Crippen LogP contribution in [0.1, 0.15) is 6.92 Å². The summed E-state index contributed by atoms with van der Waals surface area (Å²) in [6, 6.07) is 0. The zero-order chi connectivity index (χ0) is 7.28. The zero-order valence-electron chi connectivity index (χ0n) is 4.99. The van der Waals surface area contributed by atoms with Crippen LogP contribution < -0.4 is 0 Å². The lowest BCUT2D eigenvalue weighted by Gasteiger charge is -1.80. The summed E-state index contributed by atoms with van der Waals surface area (Å²) in [6.07, 6.45) is 3.86. The molecule has 0 amide bonds. The molecule has 0 spiro atoms. The zero-order valence-corrected chi connectivity index (χ0v) is 6.57. The first-order valence-electron chi connectivity index (χ1n) is 2.37. The Kier molecular flexibility index (Phi) is 4.22. The van der Waals surface area contributed by atoms with Gasteiger partial charge < -0.3 is 5.41 Å². The van der Waals surface area contributed by atoms with Gasteiger partial charge >= 0.3 is 0 Å². The van der Waals surface area contributed by atoms with Crippen LogP contribution in [0.2, 0.25) is 0 Å². The Morgan fingerprint density at radius 2 is 2.11 bits per heavy atom. The number of nitrogens with one attached hydrogen (secondary N) is 1. The van der Waals surface area contributed by atoms with Crippen molar-refractivity contribution >= 4 is 22.1 Å². The summed E-state index contributed by atoms with van der Waals surface area (Å²) in [4.78, 5) is 0. The molecule has 0 fully saturated rings. The predicted octanol–water partition coefficient (Wildman–Crippen LogP) is 2.79. The highest BCUT2D eigenvalue weighted by Gasteiger charge is 1.80. The normalized spacial score (nSPS) is 13.7. The fourth-order valence-corrected chi connectivity index (χ4v) is 0.375. The molecule has 0 aliphatic heterocycles. The van der Waals surface area contributed by atoms with Crippen molar-refractivity contribution in [3.05, 3.63) is 22.5 Å². The van der Waals surface area contributed by atoms with Crippen molar-refractivity contribution in [3.63, 3.8) is 0 Å². The molecule has 0 bridgehead atoms. The SMILES string of the molecule is C/C(F)=C\C=C(\Br)C=N. The second kappa shape index (κ2) is 4.44. The quantitative estimate of drug-likeness (QED) is 0.513. The van der Waals surface area contributed by atoms with Crippen LogP contribution in [-0.2, 0) is 0 Å². The summed E-state index contributed by atoms with van der Waals surface area (Å²) >= 11 is 3.01. The molecule has 0 unspecified atom stereocenters. The Hall–Kier alpha value is -0.440. The number of rotatable bonds is 2. The summed E-state index contributed by atoms with van der Waals surface area (Å²) in [5.41, 5.74) is 0. The molecule has 0 heterocycles. The van der Waals surface area contributed by atoms with E-state index in [1.165, 1.54) is 19.1 Å². The van der Waals surface area contributed by atoms with Crippen molar-refractivity contribution in [1.29, 1.82) is 5.41 Å². The van der Waals surface area contributed by atoms with E-state index < -0.39 is 0 Å². The monoisotopic (exact) mass is 191 g/mol. The van der Waals surface area contributed by atoms with Gasteiger partial charge in [0.2, 0.25) is 0 Å². The molecule has 0 rings (SSSR count). The third-order valence-electron chi connectivity index (χ3n) is 0.610. The predicted molar refractivity (Wildman–Crippen MR) is 40.7 cm³/mol. The van der Waals surface area contributed by atoms with Crippen molar-refractivity contribution in [2.45, 2.75) is 6.92 Å². The molecule has 0 aromatic heterocycles. The second-order valence-electron chi connectivity index (χ2n) is 1.45. The highest BCUT2D eigenvalue weighted by atomic mass is 79.9. The van der Waals surface area contributed by atoms with Crippen LogP contribution in [-0.4, -0.2) is 6.21 Å². The van der Waals surface area contributed by atoms with Gasteiger partial charge in [0.25, 0.3) is 0 Å². The van der Waals surface area contributed by atoms with E-state index in [9.17, 15) is 4.39 Å². The highest BCUT2D eigenvalue weighted by Crippen LogP contribution is 2.02. The molecule has 1 nitrogen and oxygen atoms in total. The van der Waals surface area contributed by atoms with Gasteiger partial charge in [0, 0.05) is 10.7 Å². The molecular weight excluding hydrogens is 185 g/mol. The van der Waals surface area contributed by atoms with Gasteiger partial charge in [0.1, 0.15) is 0 Å². The maximum Gasteiger partial charge on any atom is 0.0969 e. The van der Waals surface area contributed by atoms with E-state index in [0.717, 1.165) is 6.21 Å². The molecule has 0 aliphatic carbocycles. The fourth-order valence-electron chi connectivity index (χ4n) is 0.243. The number of halogens is 2. The molecule has 0 saturated carbocycles. The number of hydrogen-bond acceptors (Lipinski definition) is 1. The Morgan fingerprint density at radius 1 is 1.56 bits per heavy atom. The van der Waals surface area contributed by atoms with E-state index in [-0.39, 0.29) is 5.83 Å². The first-order valence-corrected chi connectivity index (χ1v) is 3.16. The van der Waals surface area contributed by atoms with E-state index in [0.29, 0.717) is 4.48 Å². The van der Waals surface area contributed by atoms with Crippen LogP contribution >= 0.6 is 15.9 Å². The fraction of sp³-hybridized carbons (Fsp3) is 0.167. The van der Waals surface area contributed by atoms with E-state index in [1.54, 1.807) is 0 Å². The van der Waals surface area contributed by atoms with E-state index >= 15 is 0 Å². The Balaban J connectivity index is 3.98. The van der Waals surface area contributed by atoms with Crippen LogP contribution in [0.25, 0.3) is 0 Å². The first-order chi connectivity index (χ1) is 4.16. The van der Waals surface area contributed by atoms with Crippen LogP contribution in [0, 0.1) is 5.41 Å². The lowest BCUT2D eigenvalue weighted by molar-refractivity contribution is 0.640. The van der Waals surface area contributed by atoms with Gasteiger partial charge in [-0.05, 0) is 35.0 Å². The Morgan fingerprint density at radius 3 is 2.44 bits per heavy atom. The summed E-state index contributed by atoms with van der Waals surface area (Å²) in [6.45, 7) is 1.35. The van der Waals surface area contributed by atoms with E-state index in [2.05, 4.69) is 15.9 Å². The molecular formula is C6H7BrFN. The van der Waals surface area contributed by atoms with Crippen molar-refractivity contribution in [2.75, 3.05) is 0 Å². The maximum atomic E-state index is 11.9. The van der Waals surface area contributed by atoms with Crippen molar-refractivity contribution in [1.82, 2.24) is 0 Å². The van der Waals surface area contributed by atoms with Gasteiger partial charge in [-0.1, -0.05) is 0 Å². The summed E-state index contributed by atoms with van der Waals surface area (Å²) in [5, 5.41) is 6.66. The van der Waals surface area contributed by atoms with Crippen LogP contribution in [0.5, 0.6) is 0 Å². The molecule has 0 radical (unpaired) electrons. The minimum Gasteiger partial charge on any atom is -0.308 e. The minimum atomic E-state index is -0.270. The average Bonchev–Trinajstić information content (AvgIpc) is 1.83. The third-order valence-corrected chi connectivity index (χ3v) is 1.10. The third kappa shape index (κ3) is 5.43. The highest BCUT2D eigenvalue weighted by molar-refractivity contribution is 9.12. The van der Waals surface area contributed by atoms with Crippen LogP contribution in [0.15, 0.2) is 22.5 Å². The van der Waals surface area contributed by atoms with E-state index in [1.807, 2.05) is 0 Å².